The van der Waals surface area contributed by atoms with Crippen molar-refractivity contribution in [1.29, 1.82) is 0 Å². The Balaban J connectivity index is 2.14. The lowest BCUT2D eigenvalue weighted by atomic mass is 10.4. The molecule has 0 aromatic heterocycles. The van der Waals surface area contributed by atoms with E-state index in [0.29, 0.717) is 6.54 Å². The highest BCUT2D eigenvalue weighted by Gasteiger charge is 2.13. The Morgan fingerprint density at radius 3 is 2.29 bits per heavy atom. The molecule has 0 aliphatic carbocycles. The summed E-state index contributed by atoms with van der Waals surface area (Å²) >= 11 is 0. The molecule has 6 heteroatoms. The number of likely N-dealkylation sites (N-methyl/N-ethyl adjacent to an activating group) is 1. The van der Waals surface area contributed by atoms with Crippen LogP contribution in [0.2, 0.25) is 0 Å². The van der Waals surface area contributed by atoms with E-state index in [-0.39, 0.29) is 5.75 Å². The number of rotatable bonds is 4. The first-order valence-electron chi connectivity index (χ1n) is 4.82. The fourth-order valence-corrected chi connectivity index (χ4v) is 1.82. The van der Waals surface area contributed by atoms with Crippen LogP contribution in [0.3, 0.4) is 0 Å². The molecule has 1 aliphatic heterocycles. The quantitative estimate of drug-likeness (QED) is 0.645. The van der Waals surface area contributed by atoms with E-state index in [9.17, 15) is 8.42 Å². The zero-order chi connectivity index (χ0) is 10.6. The van der Waals surface area contributed by atoms with Crippen molar-refractivity contribution in [2.75, 3.05) is 51.8 Å². The standard InChI is InChI=1S/C8H19N3O2S/c1-10-4-6-11(7-5-10)9-3-8-14(2,12)13/h9H,3-8H2,1-2H3. The van der Waals surface area contributed by atoms with Gasteiger partial charge in [-0.15, -0.1) is 0 Å². The van der Waals surface area contributed by atoms with Gasteiger partial charge in [0.1, 0.15) is 9.84 Å². The Bertz CT molecular complexity index is 258. The molecule has 0 radical (unpaired) electrons. The molecule has 0 spiro atoms. The molecule has 14 heavy (non-hydrogen) atoms. The maximum absolute atomic E-state index is 10.9. The monoisotopic (exact) mass is 221 g/mol. The molecule has 5 nitrogen and oxygen atoms in total. The molecule has 1 heterocycles. The van der Waals surface area contributed by atoms with Crippen LogP contribution in [-0.4, -0.2) is 70.1 Å². The van der Waals surface area contributed by atoms with E-state index in [4.69, 9.17) is 0 Å². The van der Waals surface area contributed by atoms with Gasteiger partial charge in [0.25, 0.3) is 0 Å². The number of sulfone groups is 1. The van der Waals surface area contributed by atoms with Crippen LogP contribution in [0.15, 0.2) is 0 Å². The first-order valence-corrected chi connectivity index (χ1v) is 6.88. The number of hydrogen-bond donors (Lipinski definition) is 1. The van der Waals surface area contributed by atoms with E-state index in [1.807, 2.05) is 0 Å². The lowest BCUT2D eigenvalue weighted by molar-refractivity contribution is 0.107. The Morgan fingerprint density at radius 1 is 1.21 bits per heavy atom. The van der Waals surface area contributed by atoms with Crippen LogP contribution in [0.5, 0.6) is 0 Å². The second-order valence-corrected chi connectivity index (χ2v) is 6.09. The number of nitrogens with zero attached hydrogens (tertiary/aromatic N) is 2. The van der Waals surface area contributed by atoms with Crippen molar-refractivity contribution >= 4 is 9.84 Å². The second-order valence-electron chi connectivity index (χ2n) is 3.83. The average molecular weight is 221 g/mol. The first kappa shape index (κ1) is 11.9. The third-order valence-corrected chi connectivity index (χ3v) is 3.26. The summed E-state index contributed by atoms with van der Waals surface area (Å²) < 4.78 is 21.7. The maximum Gasteiger partial charge on any atom is 0.148 e. The minimum absolute atomic E-state index is 0.208. The molecule has 0 amide bonds. The zero-order valence-corrected chi connectivity index (χ0v) is 9.68. The molecular formula is C8H19N3O2S. The molecular weight excluding hydrogens is 202 g/mol. The van der Waals surface area contributed by atoms with E-state index in [2.05, 4.69) is 22.4 Å². The van der Waals surface area contributed by atoms with Crippen molar-refractivity contribution in [3.05, 3.63) is 0 Å². The molecule has 0 aromatic carbocycles. The normalized spacial score (nSPS) is 21.3. The molecule has 0 atom stereocenters. The second kappa shape index (κ2) is 5.06. The third-order valence-electron chi connectivity index (χ3n) is 2.31. The Kier molecular flexibility index (Phi) is 4.31. The lowest BCUT2D eigenvalue weighted by Crippen LogP contribution is -2.51. The zero-order valence-electron chi connectivity index (χ0n) is 8.86. The van der Waals surface area contributed by atoms with Crippen LogP contribution < -0.4 is 5.43 Å². The van der Waals surface area contributed by atoms with Crippen LogP contribution in [0.1, 0.15) is 0 Å². The number of piperazine rings is 1. The van der Waals surface area contributed by atoms with Gasteiger partial charge in [-0.05, 0) is 7.05 Å². The highest BCUT2D eigenvalue weighted by molar-refractivity contribution is 7.90. The van der Waals surface area contributed by atoms with Crippen molar-refractivity contribution in [1.82, 2.24) is 15.3 Å². The van der Waals surface area contributed by atoms with Gasteiger partial charge >= 0.3 is 0 Å². The average Bonchev–Trinajstić information content (AvgIpc) is 2.06. The Morgan fingerprint density at radius 2 is 1.79 bits per heavy atom. The van der Waals surface area contributed by atoms with Crippen molar-refractivity contribution in [2.24, 2.45) is 0 Å². The van der Waals surface area contributed by atoms with Crippen LogP contribution in [-0.2, 0) is 9.84 Å². The van der Waals surface area contributed by atoms with Crippen LogP contribution in [0, 0.1) is 0 Å². The fraction of sp³-hybridized carbons (Fsp3) is 1.00. The summed E-state index contributed by atoms with van der Waals surface area (Å²) in [5, 5.41) is 2.09. The summed E-state index contributed by atoms with van der Waals surface area (Å²) in [6.45, 7) is 4.50. The van der Waals surface area contributed by atoms with Gasteiger partial charge in [-0.1, -0.05) is 0 Å². The first-order chi connectivity index (χ1) is 6.47. The van der Waals surface area contributed by atoms with Gasteiger partial charge in [0.05, 0.1) is 5.75 Å². The summed E-state index contributed by atoms with van der Waals surface area (Å²) in [4.78, 5) is 2.26. The summed E-state index contributed by atoms with van der Waals surface area (Å²) in [6.07, 6.45) is 1.26. The van der Waals surface area contributed by atoms with Crippen molar-refractivity contribution in [2.45, 2.75) is 0 Å². The highest BCUT2D eigenvalue weighted by atomic mass is 32.2. The highest BCUT2D eigenvalue weighted by Crippen LogP contribution is 1.94. The van der Waals surface area contributed by atoms with Crippen molar-refractivity contribution in [3.8, 4) is 0 Å². The summed E-state index contributed by atoms with van der Waals surface area (Å²) in [6, 6.07) is 0. The molecule has 0 aromatic rings. The smallest absolute Gasteiger partial charge is 0.148 e. The molecule has 1 rings (SSSR count). The largest absolute Gasteiger partial charge is 0.304 e. The summed E-state index contributed by atoms with van der Waals surface area (Å²) in [5.41, 5.74) is 3.13. The van der Waals surface area contributed by atoms with Gasteiger partial charge in [0.2, 0.25) is 0 Å². The molecule has 0 saturated carbocycles. The third kappa shape index (κ3) is 4.90. The maximum atomic E-state index is 10.9. The van der Waals surface area contributed by atoms with E-state index in [1.54, 1.807) is 0 Å². The van der Waals surface area contributed by atoms with E-state index in [0.717, 1.165) is 26.2 Å². The lowest BCUT2D eigenvalue weighted by Gasteiger charge is -2.32. The van der Waals surface area contributed by atoms with Gasteiger partial charge in [-0.2, -0.15) is 0 Å². The minimum atomic E-state index is -2.84. The Labute approximate surface area is 86.0 Å². The van der Waals surface area contributed by atoms with Crippen molar-refractivity contribution in [3.63, 3.8) is 0 Å². The summed E-state index contributed by atoms with van der Waals surface area (Å²) in [5.74, 6) is 0.208. The molecule has 1 saturated heterocycles. The molecule has 0 unspecified atom stereocenters. The number of hydrogen-bond acceptors (Lipinski definition) is 5. The molecule has 84 valence electrons. The summed E-state index contributed by atoms with van der Waals surface area (Å²) in [7, 11) is -0.744. The van der Waals surface area contributed by atoms with Crippen LogP contribution in [0.25, 0.3) is 0 Å². The van der Waals surface area contributed by atoms with Gasteiger partial charge < -0.3 is 4.90 Å². The van der Waals surface area contributed by atoms with Gasteiger partial charge in [0.15, 0.2) is 0 Å². The predicted octanol–water partition coefficient (Wildman–Crippen LogP) is -1.22. The van der Waals surface area contributed by atoms with E-state index < -0.39 is 9.84 Å². The fourth-order valence-electron chi connectivity index (χ4n) is 1.35. The van der Waals surface area contributed by atoms with Crippen LogP contribution >= 0.6 is 0 Å². The SMILES string of the molecule is CN1CCN(NCCS(C)(=O)=O)CC1. The van der Waals surface area contributed by atoms with Crippen molar-refractivity contribution < 1.29 is 8.42 Å². The molecule has 1 aliphatic rings. The van der Waals surface area contributed by atoms with Gasteiger partial charge in [-0.25, -0.2) is 13.4 Å². The topological polar surface area (TPSA) is 52.6 Å². The molecule has 1 N–H and O–H groups in total. The Hall–Kier alpha value is -0.170. The van der Waals surface area contributed by atoms with Gasteiger partial charge in [0, 0.05) is 39.0 Å². The predicted molar refractivity (Wildman–Crippen MR) is 56.8 cm³/mol. The van der Waals surface area contributed by atoms with E-state index >= 15 is 0 Å². The molecule has 0 bridgehead atoms. The molecule has 1 fully saturated rings. The number of nitrogens with one attached hydrogen (secondary N) is 1. The van der Waals surface area contributed by atoms with Crippen LogP contribution in [0.4, 0.5) is 0 Å². The minimum Gasteiger partial charge on any atom is -0.304 e. The van der Waals surface area contributed by atoms with E-state index in [1.165, 1.54) is 6.26 Å². The number of hydrazine groups is 1. The van der Waals surface area contributed by atoms with Gasteiger partial charge in [-0.3, -0.25) is 5.43 Å².